The molecule has 2 aliphatic rings. The molecule has 0 fully saturated rings. The molecule has 1 N–H and O–H groups in total. The fraction of sp³-hybridized carbons (Fsp3) is 0.0370. The molecule has 4 aromatic rings. The summed E-state index contributed by atoms with van der Waals surface area (Å²) in [5.41, 5.74) is 2.77. The lowest BCUT2D eigenvalue weighted by Crippen LogP contribution is -2.58. The Morgan fingerprint density at radius 1 is 0.824 bits per heavy atom. The number of fused-ring (bicyclic) bond motifs is 2. The van der Waals surface area contributed by atoms with Crippen LogP contribution < -0.4 is 15.2 Å². The topological polar surface area (TPSA) is 47.9 Å². The number of nitrogens with zero attached hydrogens (tertiary/aromatic N) is 3. The minimum absolute atomic E-state index is 0.186. The molecular weight excluding hydrogens is 512 g/mol. The Balaban J connectivity index is 1.70. The summed E-state index contributed by atoms with van der Waals surface area (Å²) in [4.78, 5) is 16.1. The SMILES string of the molecule is O=C1Nc2ccc(Br)cc2C12N(c1ccccc1)N=C(c1ccccc1)N2c1ccc(Cl)cc1. The molecule has 1 atom stereocenters. The number of carbonyl (C=O) groups is 1. The third-order valence-electron chi connectivity index (χ3n) is 6.08. The number of hydrazone groups is 1. The summed E-state index contributed by atoms with van der Waals surface area (Å²) < 4.78 is 0.874. The summed E-state index contributed by atoms with van der Waals surface area (Å²) in [7, 11) is 0. The number of rotatable bonds is 3. The second kappa shape index (κ2) is 8.01. The maximum Gasteiger partial charge on any atom is 0.278 e. The molecule has 34 heavy (non-hydrogen) atoms. The van der Waals surface area contributed by atoms with Gasteiger partial charge in [0, 0.05) is 32.0 Å². The average molecular weight is 530 g/mol. The largest absolute Gasteiger partial charge is 0.322 e. The highest BCUT2D eigenvalue weighted by Gasteiger charge is 2.61. The molecule has 0 aromatic heterocycles. The first kappa shape index (κ1) is 21.0. The molecule has 5 nitrogen and oxygen atoms in total. The number of nitrogens with one attached hydrogen (secondary N) is 1. The van der Waals surface area contributed by atoms with E-state index in [4.69, 9.17) is 16.7 Å². The van der Waals surface area contributed by atoms with E-state index < -0.39 is 5.66 Å². The van der Waals surface area contributed by atoms with Gasteiger partial charge in [-0.2, -0.15) is 5.10 Å². The third-order valence-corrected chi connectivity index (χ3v) is 6.82. The van der Waals surface area contributed by atoms with Crippen LogP contribution in [-0.2, 0) is 10.5 Å². The molecule has 2 aliphatic heterocycles. The lowest BCUT2D eigenvalue weighted by Gasteiger charge is -2.40. The van der Waals surface area contributed by atoms with Gasteiger partial charge in [-0.25, -0.2) is 5.01 Å². The number of halogens is 2. The molecule has 166 valence electrons. The van der Waals surface area contributed by atoms with Gasteiger partial charge in [0.25, 0.3) is 5.91 Å². The van der Waals surface area contributed by atoms with Crippen molar-refractivity contribution in [1.29, 1.82) is 0 Å². The first-order valence-corrected chi connectivity index (χ1v) is 11.9. The molecule has 0 aliphatic carbocycles. The summed E-state index contributed by atoms with van der Waals surface area (Å²) >= 11 is 9.84. The zero-order valence-corrected chi connectivity index (χ0v) is 20.2. The van der Waals surface area contributed by atoms with Gasteiger partial charge in [0.1, 0.15) is 0 Å². The molecule has 4 aromatic carbocycles. The van der Waals surface area contributed by atoms with Crippen LogP contribution in [0.2, 0.25) is 5.02 Å². The predicted molar refractivity (Wildman–Crippen MR) is 140 cm³/mol. The molecular formula is C27H18BrClN4O. The third kappa shape index (κ3) is 3.06. The Kier molecular flexibility index (Phi) is 4.94. The maximum absolute atomic E-state index is 14.1. The summed E-state index contributed by atoms with van der Waals surface area (Å²) in [6, 6.07) is 33.0. The Hall–Kier alpha value is -3.61. The van der Waals surface area contributed by atoms with Crippen molar-refractivity contribution in [3.8, 4) is 0 Å². The fourth-order valence-corrected chi connectivity index (χ4v) is 5.11. The lowest BCUT2D eigenvalue weighted by molar-refractivity contribution is -0.120. The van der Waals surface area contributed by atoms with Crippen molar-refractivity contribution in [1.82, 2.24) is 0 Å². The van der Waals surface area contributed by atoms with Crippen LogP contribution in [0.3, 0.4) is 0 Å². The lowest BCUT2D eigenvalue weighted by atomic mass is 9.96. The second-order valence-corrected chi connectivity index (χ2v) is 9.42. The summed E-state index contributed by atoms with van der Waals surface area (Å²) in [5, 5.41) is 10.6. The Morgan fingerprint density at radius 3 is 2.21 bits per heavy atom. The molecule has 1 spiro atoms. The smallest absolute Gasteiger partial charge is 0.278 e. The average Bonchev–Trinajstić information content (AvgIpc) is 3.37. The van der Waals surface area contributed by atoms with Gasteiger partial charge in [0.05, 0.1) is 5.69 Å². The molecule has 1 amide bonds. The van der Waals surface area contributed by atoms with Crippen molar-refractivity contribution >= 4 is 56.3 Å². The fourth-order valence-electron chi connectivity index (χ4n) is 4.62. The molecule has 0 saturated carbocycles. The molecule has 0 radical (unpaired) electrons. The molecule has 6 rings (SSSR count). The summed E-state index contributed by atoms with van der Waals surface area (Å²) in [6.45, 7) is 0. The van der Waals surface area contributed by atoms with E-state index in [2.05, 4.69) is 21.2 Å². The van der Waals surface area contributed by atoms with Crippen LogP contribution in [0.25, 0.3) is 0 Å². The number of hydrogen-bond donors (Lipinski definition) is 1. The van der Waals surface area contributed by atoms with Crippen LogP contribution in [0.4, 0.5) is 17.1 Å². The van der Waals surface area contributed by atoms with Crippen molar-refractivity contribution in [3.63, 3.8) is 0 Å². The highest BCUT2D eigenvalue weighted by molar-refractivity contribution is 9.10. The summed E-state index contributed by atoms with van der Waals surface area (Å²) in [6.07, 6.45) is 0. The minimum Gasteiger partial charge on any atom is -0.322 e. The highest BCUT2D eigenvalue weighted by atomic mass is 79.9. The number of para-hydroxylation sites is 1. The zero-order chi connectivity index (χ0) is 23.3. The quantitative estimate of drug-likeness (QED) is 0.325. The summed E-state index contributed by atoms with van der Waals surface area (Å²) in [5.74, 6) is 0.476. The van der Waals surface area contributed by atoms with E-state index in [0.717, 1.165) is 32.7 Å². The number of carbonyl (C=O) groups excluding carboxylic acids is 1. The van der Waals surface area contributed by atoms with E-state index >= 15 is 0 Å². The second-order valence-electron chi connectivity index (χ2n) is 8.07. The van der Waals surface area contributed by atoms with Crippen LogP contribution in [0.15, 0.2) is 113 Å². The highest BCUT2D eigenvalue weighted by Crippen LogP contribution is 2.51. The Bertz CT molecular complexity index is 1430. The van der Waals surface area contributed by atoms with Gasteiger partial charge in [0.2, 0.25) is 5.66 Å². The minimum atomic E-state index is -1.28. The van der Waals surface area contributed by atoms with Crippen LogP contribution in [0, 0.1) is 0 Å². The van der Waals surface area contributed by atoms with E-state index in [9.17, 15) is 4.79 Å². The van der Waals surface area contributed by atoms with E-state index in [-0.39, 0.29) is 5.91 Å². The van der Waals surface area contributed by atoms with Gasteiger partial charge in [-0.15, -0.1) is 0 Å². The van der Waals surface area contributed by atoms with Crippen LogP contribution in [-0.4, -0.2) is 11.7 Å². The van der Waals surface area contributed by atoms with Gasteiger partial charge >= 0.3 is 0 Å². The molecule has 7 heteroatoms. The predicted octanol–water partition coefficient (Wildman–Crippen LogP) is 6.60. The van der Waals surface area contributed by atoms with Crippen LogP contribution >= 0.6 is 27.5 Å². The van der Waals surface area contributed by atoms with Crippen molar-refractivity contribution in [3.05, 3.63) is 124 Å². The monoisotopic (exact) mass is 528 g/mol. The maximum atomic E-state index is 14.1. The van der Waals surface area contributed by atoms with E-state index in [0.29, 0.717) is 10.9 Å². The van der Waals surface area contributed by atoms with Gasteiger partial charge < -0.3 is 5.32 Å². The zero-order valence-electron chi connectivity index (χ0n) is 17.8. The van der Waals surface area contributed by atoms with Crippen molar-refractivity contribution in [2.45, 2.75) is 5.66 Å². The normalized spacial score (nSPS) is 18.8. The molecule has 1 unspecified atom stereocenters. The number of anilines is 3. The van der Waals surface area contributed by atoms with Gasteiger partial charge in [0.15, 0.2) is 5.84 Å². The van der Waals surface area contributed by atoms with Gasteiger partial charge in [-0.3, -0.25) is 9.69 Å². The molecule has 0 saturated heterocycles. The van der Waals surface area contributed by atoms with Gasteiger partial charge in [-0.05, 0) is 54.6 Å². The van der Waals surface area contributed by atoms with E-state index in [1.807, 2.05) is 113 Å². The van der Waals surface area contributed by atoms with E-state index in [1.54, 1.807) is 0 Å². The van der Waals surface area contributed by atoms with E-state index in [1.165, 1.54) is 0 Å². The number of benzene rings is 4. The van der Waals surface area contributed by atoms with Crippen molar-refractivity contribution in [2.24, 2.45) is 5.10 Å². The first-order valence-electron chi connectivity index (χ1n) is 10.8. The van der Waals surface area contributed by atoms with Crippen LogP contribution in [0.1, 0.15) is 11.1 Å². The number of amides is 1. The number of amidine groups is 1. The molecule has 2 heterocycles. The Morgan fingerprint density at radius 2 is 1.50 bits per heavy atom. The standard InChI is InChI=1S/C27H18BrClN4O/c28-19-11-16-24-23(17-19)27(26(34)30-24)32(21-14-12-20(29)13-15-21)25(18-7-3-1-4-8-18)31-33(27)22-9-5-2-6-10-22/h1-17H,(H,30,34). The molecule has 0 bridgehead atoms. The van der Waals surface area contributed by atoms with Crippen molar-refractivity contribution < 1.29 is 4.79 Å². The first-order chi connectivity index (χ1) is 16.6. The Labute approximate surface area is 210 Å². The van der Waals surface area contributed by atoms with Crippen molar-refractivity contribution in [2.75, 3.05) is 15.2 Å². The van der Waals surface area contributed by atoms with Gasteiger partial charge in [-0.1, -0.05) is 76.1 Å². The number of hydrogen-bond acceptors (Lipinski definition) is 4. The van der Waals surface area contributed by atoms with Crippen LogP contribution in [0.5, 0.6) is 0 Å².